The maximum atomic E-state index is 12.8. The molecule has 2 rings (SSSR count). The maximum Gasteiger partial charge on any atom is 0.263 e. The van der Waals surface area contributed by atoms with Gasteiger partial charge < -0.3 is 20.4 Å². The molecule has 0 saturated carbocycles. The minimum atomic E-state index is -0.607. The highest BCUT2D eigenvalue weighted by Gasteiger charge is 2.11. The number of carbonyl (C=O) groups is 2. The van der Waals surface area contributed by atoms with E-state index in [1.807, 2.05) is 0 Å². The molecular formula is C16H17FN4O4. The summed E-state index contributed by atoms with van der Waals surface area (Å²) in [5, 5.41) is 5.01. The van der Waals surface area contributed by atoms with Crippen LogP contribution in [0.1, 0.15) is 23.1 Å². The Bertz CT molecular complexity index is 805. The lowest BCUT2D eigenvalue weighted by atomic mass is 10.3. The van der Waals surface area contributed by atoms with Crippen LogP contribution in [0.2, 0.25) is 0 Å². The fourth-order valence-corrected chi connectivity index (χ4v) is 1.86. The molecule has 2 aromatic rings. The smallest absolute Gasteiger partial charge is 0.263 e. The maximum absolute atomic E-state index is 12.8. The number of rotatable bonds is 7. The van der Waals surface area contributed by atoms with Gasteiger partial charge in [0, 0.05) is 26.2 Å². The molecule has 0 fully saturated rings. The molecule has 0 unspecified atom stereocenters. The molecule has 0 aliphatic carbocycles. The lowest BCUT2D eigenvalue weighted by molar-refractivity contribution is -0.118. The molecule has 9 heteroatoms. The van der Waals surface area contributed by atoms with Crippen molar-refractivity contribution in [3.63, 3.8) is 0 Å². The number of amides is 2. The molecule has 0 saturated heterocycles. The summed E-state index contributed by atoms with van der Waals surface area (Å²) in [5.41, 5.74) is -0.752. The number of aromatic amines is 1. The van der Waals surface area contributed by atoms with Crippen molar-refractivity contribution < 1.29 is 18.7 Å². The average molecular weight is 348 g/mol. The fourth-order valence-electron chi connectivity index (χ4n) is 1.86. The van der Waals surface area contributed by atoms with Gasteiger partial charge in [0.15, 0.2) is 0 Å². The molecule has 0 radical (unpaired) electrons. The molecule has 0 aliphatic rings. The van der Waals surface area contributed by atoms with E-state index in [0.717, 1.165) is 6.20 Å². The quantitative estimate of drug-likeness (QED) is 0.625. The first-order valence-corrected chi connectivity index (χ1v) is 7.45. The Morgan fingerprint density at radius 2 is 1.88 bits per heavy atom. The van der Waals surface area contributed by atoms with Crippen molar-refractivity contribution in [2.45, 2.75) is 13.5 Å². The molecular weight excluding hydrogens is 331 g/mol. The number of ether oxygens (including phenoxy) is 1. The molecule has 0 aliphatic heterocycles. The second kappa shape index (κ2) is 8.57. The summed E-state index contributed by atoms with van der Waals surface area (Å²) >= 11 is 0. The van der Waals surface area contributed by atoms with Gasteiger partial charge in [0.2, 0.25) is 5.91 Å². The van der Waals surface area contributed by atoms with Crippen LogP contribution >= 0.6 is 0 Å². The first kappa shape index (κ1) is 18.1. The van der Waals surface area contributed by atoms with Crippen LogP contribution in [0.15, 0.2) is 35.3 Å². The third kappa shape index (κ3) is 5.72. The Hall–Kier alpha value is -3.23. The van der Waals surface area contributed by atoms with E-state index in [1.165, 1.54) is 31.2 Å². The van der Waals surface area contributed by atoms with Crippen LogP contribution in [-0.4, -0.2) is 34.9 Å². The largest absolute Gasteiger partial charge is 0.486 e. The van der Waals surface area contributed by atoms with Gasteiger partial charge in [-0.15, -0.1) is 0 Å². The summed E-state index contributed by atoms with van der Waals surface area (Å²) in [6.45, 7) is 1.78. The average Bonchev–Trinajstić information content (AvgIpc) is 2.58. The molecule has 1 heterocycles. The zero-order valence-corrected chi connectivity index (χ0v) is 13.5. The number of halogens is 1. The third-order valence-corrected chi connectivity index (χ3v) is 3.07. The number of hydrogen-bond donors (Lipinski definition) is 3. The lowest BCUT2D eigenvalue weighted by Crippen LogP contribution is -2.36. The summed E-state index contributed by atoms with van der Waals surface area (Å²) in [4.78, 5) is 41.0. The fraction of sp³-hybridized carbons (Fsp3) is 0.250. The first-order valence-electron chi connectivity index (χ1n) is 7.45. The van der Waals surface area contributed by atoms with Gasteiger partial charge in [0.05, 0.1) is 0 Å². The molecule has 2 amide bonds. The summed E-state index contributed by atoms with van der Waals surface area (Å²) in [5.74, 6) is -0.537. The van der Waals surface area contributed by atoms with Crippen molar-refractivity contribution in [1.29, 1.82) is 0 Å². The third-order valence-electron chi connectivity index (χ3n) is 3.07. The van der Waals surface area contributed by atoms with Crippen LogP contribution in [0.5, 0.6) is 5.75 Å². The Kier molecular flexibility index (Phi) is 6.21. The number of benzene rings is 1. The molecule has 0 bridgehead atoms. The highest BCUT2D eigenvalue weighted by Crippen LogP contribution is 2.12. The topological polar surface area (TPSA) is 113 Å². The van der Waals surface area contributed by atoms with Gasteiger partial charge in [-0.2, -0.15) is 0 Å². The monoisotopic (exact) mass is 348 g/mol. The van der Waals surface area contributed by atoms with Crippen LogP contribution in [0.3, 0.4) is 0 Å². The van der Waals surface area contributed by atoms with Gasteiger partial charge in [-0.25, -0.2) is 9.37 Å². The zero-order chi connectivity index (χ0) is 18.2. The van der Waals surface area contributed by atoms with E-state index < -0.39 is 11.5 Å². The second-order valence-corrected chi connectivity index (χ2v) is 5.05. The van der Waals surface area contributed by atoms with Gasteiger partial charge in [0.1, 0.15) is 29.6 Å². The molecule has 8 nitrogen and oxygen atoms in total. The second-order valence-electron chi connectivity index (χ2n) is 5.05. The number of H-pyrrole nitrogens is 1. The Balaban J connectivity index is 1.90. The Morgan fingerprint density at radius 1 is 1.20 bits per heavy atom. The van der Waals surface area contributed by atoms with Crippen molar-refractivity contribution in [2.24, 2.45) is 0 Å². The highest BCUT2D eigenvalue weighted by atomic mass is 19.1. The molecule has 1 aromatic heterocycles. The van der Waals surface area contributed by atoms with Gasteiger partial charge in [-0.3, -0.25) is 14.4 Å². The zero-order valence-electron chi connectivity index (χ0n) is 13.5. The SMILES string of the molecule is CC(=O)NCCNC(=O)c1cnc(COc2ccc(F)cc2)[nH]c1=O. The number of nitrogens with one attached hydrogen (secondary N) is 3. The molecule has 25 heavy (non-hydrogen) atoms. The number of aromatic nitrogens is 2. The first-order chi connectivity index (χ1) is 12.0. The molecule has 0 atom stereocenters. The Labute approximate surface area is 142 Å². The summed E-state index contributed by atoms with van der Waals surface area (Å²) in [7, 11) is 0. The van der Waals surface area contributed by atoms with Crippen LogP contribution in [-0.2, 0) is 11.4 Å². The normalized spacial score (nSPS) is 10.2. The standard InChI is InChI=1S/C16H17FN4O4/c1-10(22)18-6-7-19-15(23)13-8-20-14(21-16(13)24)9-25-12-4-2-11(17)3-5-12/h2-5,8H,6-7,9H2,1H3,(H,18,22)(H,19,23)(H,20,21,24). The van der Waals surface area contributed by atoms with Gasteiger partial charge >= 0.3 is 0 Å². The van der Waals surface area contributed by atoms with E-state index in [4.69, 9.17) is 4.74 Å². The molecule has 132 valence electrons. The minimum Gasteiger partial charge on any atom is -0.486 e. The van der Waals surface area contributed by atoms with Gasteiger partial charge in [0.25, 0.3) is 11.5 Å². The van der Waals surface area contributed by atoms with Gasteiger partial charge in [-0.1, -0.05) is 0 Å². The highest BCUT2D eigenvalue weighted by molar-refractivity contribution is 5.93. The lowest BCUT2D eigenvalue weighted by Gasteiger charge is -2.07. The van der Waals surface area contributed by atoms with Crippen LogP contribution in [0, 0.1) is 5.82 Å². The predicted octanol–water partition coefficient (Wildman–Crippen LogP) is 0.354. The van der Waals surface area contributed by atoms with E-state index in [1.54, 1.807) is 0 Å². The van der Waals surface area contributed by atoms with E-state index in [-0.39, 0.29) is 42.8 Å². The number of carbonyl (C=O) groups excluding carboxylic acids is 2. The van der Waals surface area contributed by atoms with Crippen molar-refractivity contribution in [3.05, 3.63) is 58.0 Å². The van der Waals surface area contributed by atoms with Crippen molar-refractivity contribution in [2.75, 3.05) is 13.1 Å². The molecule has 3 N–H and O–H groups in total. The summed E-state index contributed by atoms with van der Waals surface area (Å²) in [6, 6.07) is 5.40. The summed E-state index contributed by atoms with van der Waals surface area (Å²) < 4.78 is 18.2. The molecule has 0 spiro atoms. The van der Waals surface area contributed by atoms with Crippen LogP contribution in [0.4, 0.5) is 4.39 Å². The Morgan fingerprint density at radius 3 is 2.52 bits per heavy atom. The van der Waals surface area contributed by atoms with E-state index in [0.29, 0.717) is 5.75 Å². The van der Waals surface area contributed by atoms with Crippen molar-refractivity contribution in [3.8, 4) is 5.75 Å². The minimum absolute atomic E-state index is 0.0364. The number of nitrogens with zero attached hydrogens (tertiary/aromatic N) is 1. The van der Waals surface area contributed by atoms with Gasteiger partial charge in [-0.05, 0) is 24.3 Å². The van der Waals surface area contributed by atoms with E-state index >= 15 is 0 Å². The molecule has 1 aromatic carbocycles. The van der Waals surface area contributed by atoms with Crippen molar-refractivity contribution in [1.82, 2.24) is 20.6 Å². The van der Waals surface area contributed by atoms with Crippen molar-refractivity contribution >= 4 is 11.8 Å². The van der Waals surface area contributed by atoms with Crippen LogP contribution < -0.4 is 20.9 Å². The summed E-state index contributed by atoms with van der Waals surface area (Å²) in [6.07, 6.45) is 1.15. The van der Waals surface area contributed by atoms with Crippen LogP contribution in [0.25, 0.3) is 0 Å². The van der Waals surface area contributed by atoms with E-state index in [2.05, 4.69) is 20.6 Å². The number of hydrogen-bond acceptors (Lipinski definition) is 5. The van der Waals surface area contributed by atoms with E-state index in [9.17, 15) is 18.8 Å². The predicted molar refractivity (Wildman–Crippen MR) is 86.6 cm³/mol.